The first-order chi connectivity index (χ1) is 14.9. The van der Waals surface area contributed by atoms with Crippen LogP contribution in [0.3, 0.4) is 0 Å². The Bertz CT molecular complexity index is 1100. The molecule has 0 aliphatic carbocycles. The molecule has 0 radical (unpaired) electrons. The van der Waals surface area contributed by atoms with Gasteiger partial charge >= 0.3 is 5.97 Å². The monoisotopic (exact) mass is 460 g/mol. The van der Waals surface area contributed by atoms with Gasteiger partial charge in [-0.1, -0.05) is 41.4 Å². The minimum atomic E-state index is -0.676. The molecular weight excluding hydrogens is 443 g/mol. The number of hydrogen-bond donors (Lipinski definition) is 1. The minimum Gasteiger partial charge on any atom is -0.493 e. The van der Waals surface area contributed by atoms with Crippen LogP contribution in [0.1, 0.15) is 26.3 Å². The van der Waals surface area contributed by atoms with E-state index in [1.54, 1.807) is 36.4 Å². The van der Waals surface area contributed by atoms with Crippen molar-refractivity contribution in [2.75, 3.05) is 19.5 Å². The second-order valence-electron chi connectivity index (χ2n) is 6.25. The van der Waals surface area contributed by atoms with Crippen molar-refractivity contribution >= 4 is 40.8 Å². The SMILES string of the molecule is COc1cc(NC(=O)c2ccccc2Cl)c(C(=O)OCc2ccc(Cl)nc2)cc1OC. The number of ether oxygens (including phenoxy) is 3. The fourth-order valence-electron chi connectivity index (χ4n) is 2.70. The molecular formula is C22H18Cl2N2O5. The summed E-state index contributed by atoms with van der Waals surface area (Å²) >= 11 is 11.9. The Morgan fingerprint density at radius 2 is 1.68 bits per heavy atom. The number of amides is 1. The normalized spacial score (nSPS) is 10.3. The molecule has 9 heteroatoms. The summed E-state index contributed by atoms with van der Waals surface area (Å²) in [6.07, 6.45) is 1.50. The summed E-state index contributed by atoms with van der Waals surface area (Å²) in [5.41, 5.74) is 1.17. The highest BCUT2D eigenvalue weighted by Crippen LogP contribution is 2.34. The Kier molecular flexibility index (Phi) is 7.33. The van der Waals surface area contributed by atoms with Crippen molar-refractivity contribution in [3.63, 3.8) is 0 Å². The average Bonchev–Trinajstić information content (AvgIpc) is 2.78. The van der Waals surface area contributed by atoms with E-state index >= 15 is 0 Å². The van der Waals surface area contributed by atoms with E-state index < -0.39 is 11.9 Å². The van der Waals surface area contributed by atoms with E-state index in [4.69, 9.17) is 37.4 Å². The summed E-state index contributed by atoms with van der Waals surface area (Å²) in [6, 6.07) is 12.8. The molecule has 0 aliphatic heterocycles. The van der Waals surface area contributed by atoms with Crippen LogP contribution in [0, 0.1) is 0 Å². The molecule has 1 N–H and O–H groups in total. The van der Waals surface area contributed by atoms with Gasteiger partial charge in [0.25, 0.3) is 5.91 Å². The molecule has 1 amide bonds. The number of carbonyl (C=O) groups excluding carboxylic acids is 2. The first-order valence-electron chi connectivity index (χ1n) is 9.02. The van der Waals surface area contributed by atoms with Crippen molar-refractivity contribution in [1.29, 1.82) is 0 Å². The smallest absolute Gasteiger partial charge is 0.340 e. The predicted octanol–water partition coefficient (Wildman–Crippen LogP) is 5.01. The van der Waals surface area contributed by atoms with Crippen molar-refractivity contribution in [3.8, 4) is 11.5 Å². The summed E-state index contributed by atoms with van der Waals surface area (Å²) in [4.78, 5) is 29.5. The number of aromatic nitrogens is 1. The Morgan fingerprint density at radius 3 is 2.32 bits per heavy atom. The minimum absolute atomic E-state index is 0.0325. The lowest BCUT2D eigenvalue weighted by molar-refractivity contribution is 0.0473. The molecule has 3 rings (SSSR count). The molecule has 0 spiro atoms. The summed E-state index contributed by atoms with van der Waals surface area (Å²) in [6.45, 7) is -0.0325. The number of benzene rings is 2. The highest BCUT2D eigenvalue weighted by atomic mass is 35.5. The van der Waals surface area contributed by atoms with Crippen molar-refractivity contribution in [1.82, 2.24) is 4.98 Å². The molecule has 0 unspecified atom stereocenters. The molecule has 1 heterocycles. The van der Waals surface area contributed by atoms with Gasteiger partial charge in [0.15, 0.2) is 11.5 Å². The third-order valence-electron chi connectivity index (χ3n) is 4.27. The molecule has 1 aromatic heterocycles. The zero-order valence-corrected chi connectivity index (χ0v) is 18.2. The summed E-state index contributed by atoms with van der Waals surface area (Å²) < 4.78 is 15.9. The number of rotatable bonds is 7. The molecule has 160 valence electrons. The molecule has 2 aromatic carbocycles. The van der Waals surface area contributed by atoms with Crippen LogP contribution in [0.5, 0.6) is 11.5 Å². The topological polar surface area (TPSA) is 86.8 Å². The fraction of sp³-hybridized carbons (Fsp3) is 0.136. The van der Waals surface area contributed by atoms with Crippen LogP contribution >= 0.6 is 23.2 Å². The van der Waals surface area contributed by atoms with Gasteiger partial charge in [0.2, 0.25) is 0 Å². The van der Waals surface area contributed by atoms with Gasteiger partial charge in [-0.2, -0.15) is 0 Å². The maximum atomic E-state index is 12.8. The molecule has 0 saturated heterocycles. The van der Waals surface area contributed by atoms with E-state index in [9.17, 15) is 9.59 Å². The molecule has 0 fully saturated rings. The molecule has 0 aliphatic rings. The van der Waals surface area contributed by atoms with Gasteiger partial charge in [0.1, 0.15) is 11.8 Å². The number of esters is 1. The number of methoxy groups -OCH3 is 2. The number of hydrogen-bond acceptors (Lipinski definition) is 6. The van der Waals surface area contributed by atoms with Gasteiger partial charge < -0.3 is 19.5 Å². The Hall–Kier alpha value is -3.29. The Balaban J connectivity index is 1.89. The van der Waals surface area contributed by atoms with E-state index in [-0.39, 0.29) is 28.4 Å². The maximum Gasteiger partial charge on any atom is 0.340 e. The Morgan fingerprint density at radius 1 is 0.968 bits per heavy atom. The quantitative estimate of drug-likeness (QED) is 0.393. The standard InChI is InChI=1S/C22H18Cl2N2O5/c1-29-18-9-15(22(28)31-12-13-7-8-20(24)25-11-13)17(10-19(18)30-2)26-21(27)14-5-3-4-6-16(14)23/h3-11H,12H2,1-2H3,(H,26,27). The van der Waals surface area contributed by atoms with Gasteiger partial charge in [-0.15, -0.1) is 0 Å². The highest BCUT2D eigenvalue weighted by molar-refractivity contribution is 6.34. The van der Waals surface area contributed by atoms with E-state index in [1.165, 1.54) is 32.5 Å². The molecule has 31 heavy (non-hydrogen) atoms. The maximum absolute atomic E-state index is 12.8. The van der Waals surface area contributed by atoms with Crippen molar-refractivity contribution in [2.45, 2.75) is 6.61 Å². The van der Waals surface area contributed by atoms with Crippen LogP contribution in [-0.2, 0) is 11.3 Å². The van der Waals surface area contributed by atoms with Crippen molar-refractivity contribution < 1.29 is 23.8 Å². The predicted molar refractivity (Wildman–Crippen MR) is 117 cm³/mol. The summed E-state index contributed by atoms with van der Waals surface area (Å²) in [5.74, 6) is -0.534. The number of carbonyl (C=O) groups is 2. The largest absolute Gasteiger partial charge is 0.493 e. The van der Waals surface area contributed by atoms with Gasteiger partial charge in [-0.25, -0.2) is 9.78 Å². The molecule has 0 saturated carbocycles. The lowest BCUT2D eigenvalue weighted by Gasteiger charge is -2.15. The third-order valence-corrected chi connectivity index (χ3v) is 4.82. The summed E-state index contributed by atoms with van der Waals surface area (Å²) in [5, 5.41) is 3.30. The van der Waals surface area contributed by atoms with E-state index in [2.05, 4.69) is 10.3 Å². The molecule has 0 bridgehead atoms. The number of pyridine rings is 1. The van der Waals surface area contributed by atoms with Crippen molar-refractivity contribution in [2.24, 2.45) is 0 Å². The molecule has 3 aromatic rings. The summed E-state index contributed by atoms with van der Waals surface area (Å²) in [7, 11) is 2.89. The lowest BCUT2D eigenvalue weighted by Crippen LogP contribution is -2.17. The van der Waals surface area contributed by atoms with E-state index in [0.29, 0.717) is 22.2 Å². The van der Waals surface area contributed by atoms with Gasteiger partial charge in [0.05, 0.1) is 36.1 Å². The molecule has 7 nitrogen and oxygen atoms in total. The highest BCUT2D eigenvalue weighted by Gasteiger charge is 2.21. The van der Waals surface area contributed by atoms with Crippen LogP contribution in [-0.4, -0.2) is 31.1 Å². The van der Waals surface area contributed by atoms with E-state index in [1.807, 2.05) is 0 Å². The van der Waals surface area contributed by atoms with Crippen LogP contribution in [0.15, 0.2) is 54.7 Å². The van der Waals surface area contributed by atoms with Crippen LogP contribution in [0.25, 0.3) is 0 Å². The van der Waals surface area contributed by atoms with Crippen LogP contribution < -0.4 is 14.8 Å². The zero-order chi connectivity index (χ0) is 22.4. The molecule has 0 atom stereocenters. The number of halogens is 2. The lowest BCUT2D eigenvalue weighted by atomic mass is 10.1. The second-order valence-corrected chi connectivity index (χ2v) is 7.05. The number of nitrogens with one attached hydrogen (secondary N) is 1. The van der Waals surface area contributed by atoms with Crippen molar-refractivity contribution in [3.05, 3.63) is 81.6 Å². The first kappa shape index (κ1) is 22.4. The van der Waals surface area contributed by atoms with Crippen LogP contribution in [0.4, 0.5) is 5.69 Å². The first-order valence-corrected chi connectivity index (χ1v) is 9.78. The average molecular weight is 461 g/mol. The number of nitrogens with zero attached hydrogens (tertiary/aromatic N) is 1. The second kappa shape index (κ2) is 10.1. The van der Waals surface area contributed by atoms with Gasteiger partial charge in [0, 0.05) is 23.9 Å². The van der Waals surface area contributed by atoms with Gasteiger partial charge in [-0.3, -0.25) is 4.79 Å². The van der Waals surface area contributed by atoms with Crippen LogP contribution in [0.2, 0.25) is 10.2 Å². The Labute approximate surface area is 188 Å². The zero-order valence-electron chi connectivity index (χ0n) is 16.6. The number of anilines is 1. The fourth-order valence-corrected chi connectivity index (χ4v) is 3.04. The third kappa shape index (κ3) is 5.45. The van der Waals surface area contributed by atoms with Gasteiger partial charge in [-0.05, 0) is 18.2 Å². The van der Waals surface area contributed by atoms with E-state index in [0.717, 1.165) is 0 Å².